The molecule has 28 heavy (non-hydrogen) atoms. The van der Waals surface area contributed by atoms with Crippen LogP contribution in [0.3, 0.4) is 0 Å². The lowest BCUT2D eigenvalue weighted by Crippen LogP contribution is -2.42. The van der Waals surface area contributed by atoms with Crippen molar-refractivity contribution in [2.24, 2.45) is 0 Å². The van der Waals surface area contributed by atoms with E-state index in [-0.39, 0.29) is 5.91 Å². The largest absolute Gasteiger partial charge is 0.480 e. The summed E-state index contributed by atoms with van der Waals surface area (Å²) in [6, 6.07) is 12.4. The molecule has 0 saturated carbocycles. The van der Waals surface area contributed by atoms with Crippen LogP contribution in [-0.4, -0.2) is 37.8 Å². The fraction of sp³-hybridized carbons (Fsp3) is 0.286. The quantitative estimate of drug-likeness (QED) is 0.595. The van der Waals surface area contributed by atoms with Crippen LogP contribution in [0, 0.1) is 0 Å². The lowest BCUT2D eigenvalue weighted by atomic mass is 10.0. The monoisotopic (exact) mass is 397 g/mol. The molecule has 2 N–H and O–H groups in total. The van der Waals surface area contributed by atoms with Gasteiger partial charge in [-0.1, -0.05) is 49.0 Å². The summed E-state index contributed by atoms with van der Waals surface area (Å²) in [5.74, 6) is -1.42. The maximum absolute atomic E-state index is 12.4. The molecule has 0 aliphatic rings. The van der Waals surface area contributed by atoms with E-state index < -0.39 is 17.3 Å². The molecule has 1 heterocycles. The van der Waals surface area contributed by atoms with Crippen LogP contribution >= 0.6 is 11.8 Å². The summed E-state index contributed by atoms with van der Waals surface area (Å²) in [7, 11) is 0. The minimum absolute atomic E-state index is 0.347. The van der Waals surface area contributed by atoms with Gasteiger partial charge in [0, 0.05) is 17.8 Å². The van der Waals surface area contributed by atoms with E-state index in [0.717, 1.165) is 17.5 Å². The molecule has 1 aromatic heterocycles. The zero-order valence-corrected chi connectivity index (χ0v) is 16.9. The highest BCUT2D eigenvalue weighted by atomic mass is 32.2. The number of carboxylic acids is 1. The van der Waals surface area contributed by atoms with Gasteiger partial charge in [0.15, 0.2) is 5.16 Å². The van der Waals surface area contributed by atoms with Gasteiger partial charge in [-0.3, -0.25) is 14.2 Å². The SMILES string of the molecule is CCc1ccc(-n2ccnc2SC(C)(C)C(=O)NCC(=O)O)c2ccccc12. The first-order valence-electron chi connectivity index (χ1n) is 9.07. The maximum atomic E-state index is 12.4. The number of aliphatic carboxylic acids is 1. The third kappa shape index (κ3) is 4.04. The molecule has 6 nitrogen and oxygen atoms in total. The first-order valence-corrected chi connectivity index (χ1v) is 9.88. The number of carboxylic acid groups (broad SMARTS) is 1. The number of nitrogens with zero attached hydrogens (tertiary/aromatic N) is 2. The first-order chi connectivity index (χ1) is 13.3. The normalized spacial score (nSPS) is 11.5. The average molecular weight is 398 g/mol. The van der Waals surface area contributed by atoms with Crippen LogP contribution in [0.2, 0.25) is 0 Å². The molecule has 0 unspecified atom stereocenters. The van der Waals surface area contributed by atoms with Crippen LogP contribution in [0.1, 0.15) is 26.3 Å². The Labute approximate surface area is 168 Å². The van der Waals surface area contributed by atoms with Gasteiger partial charge in [0.2, 0.25) is 5.91 Å². The van der Waals surface area contributed by atoms with E-state index in [2.05, 4.69) is 41.5 Å². The predicted octanol–water partition coefficient (Wildman–Crippen LogP) is 3.66. The zero-order chi connectivity index (χ0) is 20.3. The van der Waals surface area contributed by atoms with E-state index in [0.29, 0.717) is 5.16 Å². The number of thioether (sulfide) groups is 1. The second kappa shape index (κ2) is 8.06. The number of benzene rings is 2. The van der Waals surface area contributed by atoms with E-state index in [9.17, 15) is 9.59 Å². The molecule has 1 amide bonds. The number of rotatable bonds is 7. The van der Waals surface area contributed by atoms with E-state index in [4.69, 9.17) is 5.11 Å². The first kappa shape index (κ1) is 19.9. The Balaban J connectivity index is 1.96. The van der Waals surface area contributed by atoms with E-state index in [1.807, 2.05) is 22.9 Å². The molecule has 0 spiro atoms. The number of amides is 1. The van der Waals surface area contributed by atoms with Crippen molar-refractivity contribution in [1.82, 2.24) is 14.9 Å². The third-order valence-corrected chi connectivity index (χ3v) is 5.71. The molecule has 3 rings (SSSR count). The molecule has 0 aliphatic heterocycles. The molecule has 0 fully saturated rings. The molecule has 2 aromatic carbocycles. The summed E-state index contributed by atoms with van der Waals surface area (Å²) in [4.78, 5) is 27.6. The van der Waals surface area contributed by atoms with Crippen LogP contribution < -0.4 is 5.32 Å². The predicted molar refractivity (Wildman–Crippen MR) is 111 cm³/mol. The number of carbonyl (C=O) groups excluding carboxylic acids is 1. The summed E-state index contributed by atoms with van der Waals surface area (Å²) in [5, 5.41) is 14.2. The fourth-order valence-electron chi connectivity index (χ4n) is 3.06. The Morgan fingerprint density at radius 3 is 2.57 bits per heavy atom. The minimum atomic E-state index is -1.07. The average Bonchev–Trinajstić information content (AvgIpc) is 3.12. The number of aryl methyl sites for hydroxylation is 1. The van der Waals surface area contributed by atoms with Crippen LogP contribution in [0.15, 0.2) is 53.9 Å². The smallest absolute Gasteiger partial charge is 0.322 e. The highest BCUT2D eigenvalue weighted by Crippen LogP contribution is 2.35. The number of aromatic nitrogens is 2. The lowest BCUT2D eigenvalue weighted by Gasteiger charge is -2.23. The van der Waals surface area contributed by atoms with Crippen molar-refractivity contribution in [3.05, 3.63) is 54.4 Å². The van der Waals surface area contributed by atoms with E-state index in [1.165, 1.54) is 22.7 Å². The van der Waals surface area contributed by atoms with Crippen LogP contribution in [0.5, 0.6) is 0 Å². The summed E-state index contributed by atoms with van der Waals surface area (Å²) in [6.07, 6.45) is 4.53. The minimum Gasteiger partial charge on any atom is -0.480 e. The molecule has 0 aliphatic carbocycles. The molecular formula is C21H23N3O3S. The summed E-state index contributed by atoms with van der Waals surface area (Å²) in [5.41, 5.74) is 2.27. The van der Waals surface area contributed by atoms with Crippen LogP contribution in [0.25, 0.3) is 16.5 Å². The summed E-state index contributed by atoms with van der Waals surface area (Å²) >= 11 is 1.30. The van der Waals surface area contributed by atoms with Gasteiger partial charge in [-0.25, -0.2) is 4.98 Å². The number of hydrogen-bond acceptors (Lipinski definition) is 4. The number of fused-ring (bicyclic) bond motifs is 1. The highest BCUT2D eigenvalue weighted by Gasteiger charge is 2.31. The van der Waals surface area contributed by atoms with Gasteiger partial charge in [-0.15, -0.1) is 0 Å². The van der Waals surface area contributed by atoms with Gasteiger partial charge in [-0.2, -0.15) is 0 Å². The molecule has 0 radical (unpaired) electrons. The van der Waals surface area contributed by atoms with E-state index >= 15 is 0 Å². The molecule has 0 bridgehead atoms. The molecule has 3 aromatic rings. The third-order valence-electron chi connectivity index (χ3n) is 4.53. The van der Waals surface area contributed by atoms with Gasteiger partial charge >= 0.3 is 5.97 Å². The van der Waals surface area contributed by atoms with Crippen molar-refractivity contribution in [3.8, 4) is 5.69 Å². The second-order valence-corrected chi connectivity index (χ2v) is 8.50. The highest BCUT2D eigenvalue weighted by molar-refractivity contribution is 8.01. The number of carbonyl (C=O) groups is 2. The molecular weight excluding hydrogens is 374 g/mol. The van der Waals surface area contributed by atoms with Crippen LogP contribution in [-0.2, 0) is 16.0 Å². The van der Waals surface area contributed by atoms with Gasteiger partial charge in [0.25, 0.3) is 0 Å². The molecule has 0 atom stereocenters. The summed E-state index contributed by atoms with van der Waals surface area (Å²) in [6.45, 7) is 5.25. The maximum Gasteiger partial charge on any atom is 0.322 e. The van der Waals surface area contributed by atoms with Crippen molar-refractivity contribution in [1.29, 1.82) is 0 Å². The number of imidazole rings is 1. The van der Waals surface area contributed by atoms with Crippen LogP contribution in [0.4, 0.5) is 0 Å². The standard InChI is InChI=1S/C21H23N3O3S/c1-4-14-9-10-17(16-8-6-5-7-15(14)16)24-12-11-22-20(24)28-21(2,3)19(27)23-13-18(25)26/h5-12H,4,13H2,1-3H3,(H,23,27)(H,25,26). The van der Waals surface area contributed by atoms with Gasteiger partial charge < -0.3 is 10.4 Å². The Morgan fingerprint density at radius 2 is 1.89 bits per heavy atom. The second-order valence-electron chi connectivity index (χ2n) is 6.91. The Morgan fingerprint density at radius 1 is 1.18 bits per heavy atom. The Bertz CT molecular complexity index is 1030. The number of hydrogen-bond donors (Lipinski definition) is 2. The number of nitrogens with one attached hydrogen (secondary N) is 1. The van der Waals surface area contributed by atoms with Crippen molar-refractivity contribution in [2.45, 2.75) is 37.1 Å². The van der Waals surface area contributed by atoms with Crippen molar-refractivity contribution < 1.29 is 14.7 Å². The van der Waals surface area contributed by atoms with Crippen molar-refractivity contribution >= 4 is 34.4 Å². The molecule has 146 valence electrons. The Hall–Kier alpha value is -2.80. The van der Waals surface area contributed by atoms with Crippen molar-refractivity contribution in [3.63, 3.8) is 0 Å². The van der Waals surface area contributed by atoms with Gasteiger partial charge in [-0.05, 0) is 37.3 Å². The Kier molecular flexibility index (Phi) is 5.74. The van der Waals surface area contributed by atoms with Gasteiger partial charge in [0.1, 0.15) is 6.54 Å². The molecule has 0 saturated heterocycles. The lowest BCUT2D eigenvalue weighted by molar-refractivity contribution is -0.138. The summed E-state index contributed by atoms with van der Waals surface area (Å²) < 4.78 is 1.09. The zero-order valence-electron chi connectivity index (χ0n) is 16.1. The van der Waals surface area contributed by atoms with Crippen molar-refractivity contribution in [2.75, 3.05) is 6.54 Å². The van der Waals surface area contributed by atoms with E-state index in [1.54, 1.807) is 20.0 Å². The van der Waals surface area contributed by atoms with Gasteiger partial charge in [0.05, 0.1) is 10.4 Å². The fourth-order valence-corrected chi connectivity index (χ4v) is 4.05. The topological polar surface area (TPSA) is 84.2 Å². The molecule has 7 heteroatoms.